The minimum absolute atomic E-state index is 0.108. The lowest BCUT2D eigenvalue weighted by atomic mass is 10.0. The van der Waals surface area contributed by atoms with E-state index in [0.717, 1.165) is 22.4 Å². The van der Waals surface area contributed by atoms with Gasteiger partial charge in [0, 0.05) is 0 Å². The quantitative estimate of drug-likeness (QED) is 0.644. The Morgan fingerprint density at radius 1 is 0.826 bits per heavy atom. The molecule has 0 N–H and O–H groups in total. The van der Waals surface area contributed by atoms with Crippen molar-refractivity contribution in [1.82, 2.24) is 0 Å². The van der Waals surface area contributed by atoms with Crippen molar-refractivity contribution in [2.24, 2.45) is 0 Å². The number of ether oxygens (including phenoxy) is 1. The standard InChI is InChI=1S/C16H17FO.CF4/c1-12-3-5-14(6-4-12)15-9-13(2)10-16(11-15)18-8-7-17;2-1(3,4)5/h3-6,9-11H,7-8H2,1-2H3;. The van der Waals surface area contributed by atoms with Crippen LogP contribution in [-0.2, 0) is 0 Å². The molecule has 0 saturated carbocycles. The predicted octanol–water partition coefficient (Wildman–Crippen LogP) is 5.79. The molecule has 0 aliphatic rings. The van der Waals surface area contributed by atoms with Crippen LogP contribution in [0.2, 0.25) is 0 Å². The Balaban J connectivity index is 0.000000463. The number of alkyl halides is 5. The van der Waals surface area contributed by atoms with E-state index in [2.05, 4.69) is 37.3 Å². The fourth-order valence-corrected chi connectivity index (χ4v) is 1.90. The molecule has 0 saturated heterocycles. The van der Waals surface area contributed by atoms with Crippen LogP contribution in [0.3, 0.4) is 0 Å². The zero-order chi connectivity index (χ0) is 17.5. The Kier molecular flexibility index (Phi) is 7.00. The molecule has 126 valence electrons. The van der Waals surface area contributed by atoms with Gasteiger partial charge in [-0.3, -0.25) is 0 Å². The lowest BCUT2D eigenvalue weighted by molar-refractivity contribution is -0.237. The van der Waals surface area contributed by atoms with Gasteiger partial charge in [0.05, 0.1) is 0 Å². The molecule has 0 spiro atoms. The highest BCUT2D eigenvalue weighted by molar-refractivity contribution is 5.66. The van der Waals surface area contributed by atoms with E-state index in [1.54, 1.807) is 0 Å². The van der Waals surface area contributed by atoms with Crippen LogP contribution in [0.5, 0.6) is 5.75 Å². The monoisotopic (exact) mass is 332 g/mol. The summed E-state index contributed by atoms with van der Waals surface area (Å²) in [6.45, 7) is 3.72. The van der Waals surface area contributed by atoms with Gasteiger partial charge in [0.1, 0.15) is 19.0 Å². The van der Waals surface area contributed by atoms with E-state index in [0.29, 0.717) is 0 Å². The van der Waals surface area contributed by atoms with Gasteiger partial charge in [0.2, 0.25) is 0 Å². The summed E-state index contributed by atoms with van der Waals surface area (Å²) >= 11 is 0. The Morgan fingerprint density at radius 3 is 1.91 bits per heavy atom. The summed E-state index contributed by atoms with van der Waals surface area (Å²) in [5.74, 6) is 0.725. The van der Waals surface area contributed by atoms with Gasteiger partial charge in [0.15, 0.2) is 0 Å². The molecular weight excluding hydrogens is 315 g/mol. The van der Waals surface area contributed by atoms with Gasteiger partial charge in [0.25, 0.3) is 0 Å². The highest BCUT2D eigenvalue weighted by Gasteiger charge is 2.24. The molecule has 1 nitrogen and oxygen atoms in total. The summed E-state index contributed by atoms with van der Waals surface area (Å²) in [7, 11) is 0. The average Bonchev–Trinajstić information content (AvgIpc) is 2.43. The van der Waals surface area contributed by atoms with E-state index in [-0.39, 0.29) is 6.61 Å². The summed E-state index contributed by atoms with van der Waals surface area (Å²) in [6, 6.07) is 14.3. The van der Waals surface area contributed by atoms with Crippen molar-refractivity contribution in [2.45, 2.75) is 20.3 Å². The molecule has 23 heavy (non-hydrogen) atoms. The predicted molar refractivity (Wildman–Crippen MR) is 80.0 cm³/mol. The lowest BCUT2D eigenvalue weighted by Crippen LogP contribution is -1.99. The van der Waals surface area contributed by atoms with Gasteiger partial charge in [-0.2, -0.15) is 0 Å². The third-order valence-corrected chi connectivity index (χ3v) is 2.78. The van der Waals surface area contributed by atoms with Gasteiger partial charge in [-0.15, -0.1) is 17.6 Å². The highest BCUT2D eigenvalue weighted by atomic mass is 19.5. The Bertz CT molecular complexity index is 599. The van der Waals surface area contributed by atoms with E-state index >= 15 is 0 Å². The molecule has 0 aliphatic carbocycles. The SMILES string of the molecule is Cc1ccc(-c2cc(C)cc(OCCF)c2)cc1.FC(F)(F)F. The van der Waals surface area contributed by atoms with Crippen molar-refractivity contribution in [3.63, 3.8) is 0 Å². The van der Waals surface area contributed by atoms with Crippen molar-refractivity contribution in [3.05, 3.63) is 53.6 Å². The van der Waals surface area contributed by atoms with E-state index in [1.807, 2.05) is 19.1 Å². The van der Waals surface area contributed by atoms with E-state index in [1.165, 1.54) is 5.56 Å². The first-order chi connectivity index (χ1) is 10.7. The molecule has 0 unspecified atom stereocenters. The zero-order valence-corrected chi connectivity index (χ0v) is 12.8. The molecule has 0 aliphatic heterocycles. The Morgan fingerprint density at radius 2 is 1.39 bits per heavy atom. The van der Waals surface area contributed by atoms with Crippen LogP contribution in [0.1, 0.15) is 11.1 Å². The van der Waals surface area contributed by atoms with E-state index < -0.39 is 13.1 Å². The number of hydrogen-bond donors (Lipinski definition) is 0. The minimum atomic E-state index is -5.50. The number of rotatable bonds is 4. The first-order valence-electron chi connectivity index (χ1n) is 6.82. The van der Waals surface area contributed by atoms with Crippen molar-refractivity contribution in [3.8, 4) is 16.9 Å². The van der Waals surface area contributed by atoms with Crippen molar-refractivity contribution in [1.29, 1.82) is 0 Å². The molecule has 2 aromatic carbocycles. The number of aryl methyl sites for hydroxylation is 2. The maximum absolute atomic E-state index is 12.1. The number of benzene rings is 2. The van der Waals surface area contributed by atoms with Gasteiger partial charge in [-0.05, 0) is 42.7 Å². The molecule has 0 bridgehead atoms. The molecule has 6 heteroatoms. The van der Waals surface area contributed by atoms with Crippen LogP contribution in [0.4, 0.5) is 22.0 Å². The minimum Gasteiger partial charge on any atom is -0.491 e. The first-order valence-corrected chi connectivity index (χ1v) is 6.82. The van der Waals surface area contributed by atoms with Crippen molar-refractivity contribution >= 4 is 0 Å². The smallest absolute Gasteiger partial charge is 0.491 e. The zero-order valence-electron chi connectivity index (χ0n) is 12.8. The molecular formula is C17H17F5O. The molecule has 2 rings (SSSR count). The van der Waals surface area contributed by atoms with Crippen molar-refractivity contribution < 1.29 is 26.7 Å². The van der Waals surface area contributed by atoms with Crippen LogP contribution in [0, 0.1) is 13.8 Å². The second-order valence-corrected chi connectivity index (χ2v) is 4.87. The molecule has 0 heterocycles. The number of hydrogen-bond acceptors (Lipinski definition) is 1. The molecule has 0 aromatic heterocycles. The largest absolute Gasteiger partial charge is 0.559 e. The van der Waals surface area contributed by atoms with Gasteiger partial charge in [-0.1, -0.05) is 35.9 Å². The van der Waals surface area contributed by atoms with Crippen LogP contribution >= 0.6 is 0 Å². The second kappa shape index (κ2) is 8.50. The normalized spacial score (nSPS) is 10.7. The second-order valence-electron chi connectivity index (χ2n) is 4.87. The first kappa shape index (κ1) is 18.9. The van der Waals surface area contributed by atoms with Crippen molar-refractivity contribution in [2.75, 3.05) is 13.3 Å². The summed E-state index contributed by atoms with van der Waals surface area (Å²) in [5.41, 5.74) is 4.60. The average molecular weight is 332 g/mol. The van der Waals surface area contributed by atoms with Gasteiger partial charge in [-0.25, -0.2) is 4.39 Å². The van der Waals surface area contributed by atoms with Crippen LogP contribution in [-0.4, -0.2) is 19.7 Å². The fourth-order valence-electron chi connectivity index (χ4n) is 1.90. The van der Waals surface area contributed by atoms with Crippen LogP contribution < -0.4 is 4.74 Å². The molecule has 0 amide bonds. The lowest BCUT2D eigenvalue weighted by Gasteiger charge is -2.09. The van der Waals surface area contributed by atoms with E-state index in [4.69, 9.17) is 4.74 Å². The molecule has 2 aromatic rings. The third kappa shape index (κ3) is 8.18. The van der Waals surface area contributed by atoms with Crippen LogP contribution in [0.15, 0.2) is 42.5 Å². The highest BCUT2D eigenvalue weighted by Crippen LogP contribution is 2.26. The number of halogens is 5. The summed E-state index contributed by atoms with van der Waals surface area (Å²) in [4.78, 5) is 0. The van der Waals surface area contributed by atoms with Gasteiger partial charge >= 0.3 is 6.43 Å². The molecule has 0 fully saturated rings. The maximum Gasteiger partial charge on any atom is 0.559 e. The summed E-state index contributed by atoms with van der Waals surface area (Å²) in [6.07, 6.45) is -5.50. The summed E-state index contributed by atoms with van der Waals surface area (Å²) in [5, 5.41) is 0. The fraction of sp³-hybridized carbons (Fsp3) is 0.294. The maximum atomic E-state index is 12.1. The third-order valence-electron chi connectivity index (χ3n) is 2.78. The molecule has 0 radical (unpaired) electrons. The summed E-state index contributed by atoms with van der Waals surface area (Å²) < 4.78 is 56.2. The Labute approximate surface area is 131 Å². The molecule has 0 atom stereocenters. The van der Waals surface area contributed by atoms with E-state index in [9.17, 15) is 22.0 Å². The van der Waals surface area contributed by atoms with Gasteiger partial charge < -0.3 is 4.74 Å². The Hall–Kier alpha value is -2.11. The topological polar surface area (TPSA) is 9.23 Å². The van der Waals surface area contributed by atoms with Crippen LogP contribution in [0.25, 0.3) is 11.1 Å².